The first-order valence-corrected chi connectivity index (χ1v) is 3.99. The number of hydrogen-bond donors (Lipinski definition) is 3. The van der Waals surface area contributed by atoms with Crippen molar-refractivity contribution in [2.45, 2.75) is 0 Å². The highest BCUT2D eigenvalue weighted by Crippen LogP contribution is 2.12. The third-order valence-corrected chi connectivity index (χ3v) is 1.50. The van der Waals surface area contributed by atoms with Gasteiger partial charge in [0.1, 0.15) is 6.34 Å². The Labute approximate surface area is 85.8 Å². The number of nitrogens with zero attached hydrogens (tertiary/aromatic N) is 2. The molecule has 0 heterocycles. The third-order valence-electron chi connectivity index (χ3n) is 1.50. The van der Waals surface area contributed by atoms with Crippen LogP contribution in [-0.4, -0.2) is 17.4 Å². The molecule has 0 atom stereocenters. The van der Waals surface area contributed by atoms with Crippen LogP contribution >= 0.6 is 0 Å². The Morgan fingerprint density at radius 2 is 2.40 bits per heavy atom. The van der Waals surface area contributed by atoms with Crippen molar-refractivity contribution < 1.29 is 9.90 Å². The molecule has 1 aromatic rings. The van der Waals surface area contributed by atoms with Crippen molar-refractivity contribution in [3.63, 3.8) is 0 Å². The molecule has 6 heteroatoms. The highest BCUT2D eigenvalue weighted by Gasteiger charge is 2.01. The summed E-state index contributed by atoms with van der Waals surface area (Å²) in [5.74, 6) is -1.00. The third kappa shape index (κ3) is 3.36. The normalized spacial score (nSPS) is 9.53. The molecular weight excluding hydrogens is 196 g/mol. The molecule has 6 nitrogen and oxygen atoms in total. The maximum atomic E-state index is 10.6. The number of hydrogen-bond acceptors (Lipinski definition) is 4. The highest BCUT2D eigenvalue weighted by molar-refractivity contribution is 5.88. The molecule has 0 aliphatic carbocycles. The molecule has 3 N–H and O–H groups in total. The molecule has 1 rings (SSSR count). The van der Waals surface area contributed by atoms with Gasteiger partial charge in [-0.1, -0.05) is 6.07 Å². The van der Waals surface area contributed by atoms with E-state index in [2.05, 4.69) is 15.8 Å². The standard InChI is InChI=1S/C9H8N4O2/c10-5-12-13-6-11-8-3-1-2-7(4-8)9(14)15/h1-4,6,12H,(H,11,13)(H,14,15). The molecule has 15 heavy (non-hydrogen) atoms. The van der Waals surface area contributed by atoms with Gasteiger partial charge in [0, 0.05) is 0 Å². The first-order valence-electron chi connectivity index (χ1n) is 3.99. The van der Waals surface area contributed by atoms with Crippen molar-refractivity contribution in [2.24, 2.45) is 4.99 Å². The molecule has 0 aliphatic rings. The Morgan fingerprint density at radius 1 is 1.60 bits per heavy atom. The summed E-state index contributed by atoms with van der Waals surface area (Å²) in [5.41, 5.74) is 5.18. The van der Waals surface area contributed by atoms with Crippen LogP contribution in [0.15, 0.2) is 29.3 Å². The van der Waals surface area contributed by atoms with E-state index in [4.69, 9.17) is 10.4 Å². The second-order valence-corrected chi connectivity index (χ2v) is 2.49. The topological polar surface area (TPSA) is 97.5 Å². The molecule has 0 bridgehead atoms. The number of benzene rings is 1. The van der Waals surface area contributed by atoms with Gasteiger partial charge in [0.15, 0.2) is 6.19 Å². The fourth-order valence-electron chi connectivity index (χ4n) is 0.891. The van der Waals surface area contributed by atoms with E-state index >= 15 is 0 Å². The lowest BCUT2D eigenvalue weighted by atomic mass is 10.2. The van der Waals surface area contributed by atoms with Crippen molar-refractivity contribution in [2.75, 3.05) is 0 Å². The van der Waals surface area contributed by atoms with Crippen LogP contribution in [0.1, 0.15) is 10.4 Å². The van der Waals surface area contributed by atoms with Gasteiger partial charge in [-0.3, -0.25) is 5.43 Å². The monoisotopic (exact) mass is 204 g/mol. The molecule has 76 valence electrons. The maximum Gasteiger partial charge on any atom is 0.335 e. The first kappa shape index (κ1) is 10.5. The van der Waals surface area contributed by atoms with E-state index in [0.717, 1.165) is 0 Å². The second-order valence-electron chi connectivity index (χ2n) is 2.49. The Morgan fingerprint density at radius 3 is 3.07 bits per heavy atom. The average molecular weight is 204 g/mol. The number of nitriles is 1. The minimum atomic E-state index is -1.00. The van der Waals surface area contributed by atoms with Crippen molar-refractivity contribution in [1.82, 2.24) is 10.9 Å². The van der Waals surface area contributed by atoms with E-state index in [-0.39, 0.29) is 5.56 Å². The van der Waals surface area contributed by atoms with E-state index in [1.807, 2.05) is 0 Å². The Bertz CT molecular complexity index is 422. The molecule has 0 unspecified atom stereocenters. The molecule has 0 saturated heterocycles. The fourth-order valence-corrected chi connectivity index (χ4v) is 0.891. The number of carboxylic acid groups (broad SMARTS) is 1. The summed E-state index contributed by atoms with van der Waals surface area (Å²) in [6.45, 7) is 0. The number of nitrogens with one attached hydrogen (secondary N) is 2. The Hall–Kier alpha value is -2.55. The second kappa shape index (κ2) is 5.24. The van der Waals surface area contributed by atoms with Gasteiger partial charge < -0.3 is 5.11 Å². The molecule has 0 fully saturated rings. The van der Waals surface area contributed by atoms with Gasteiger partial charge in [-0.2, -0.15) is 5.26 Å². The zero-order valence-corrected chi connectivity index (χ0v) is 7.64. The number of carboxylic acids is 1. The molecule has 0 radical (unpaired) electrons. The van der Waals surface area contributed by atoms with E-state index in [0.29, 0.717) is 5.69 Å². The lowest BCUT2D eigenvalue weighted by molar-refractivity contribution is 0.0697. The summed E-state index contributed by atoms with van der Waals surface area (Å²) < 4.78 is 0. The van der Waals surface area contributed by atoms with Crippen LogP contribution in [-0.2, 0) is 0 Å². The van der Waals surface area contributed by atoms with Crippen LogP contribution in [0.4, 0.5) is 5.69 Å². The molecule has 0 aromatic heterocycles. The van der Waals surface area contributed by atoms with Crippen molar-refractivity contribution in [3.05, 3.63) is 29.8 Å². The molecule has 0 spiro atoms. The SMILES string of the molecule is N#CNNC=Nc1cccc(C(=O)O)c1. The molecule has 0 aliphatic heterocycles. The van der Waals surface area contributed by atoms with Gasteiger partial charge in [0.2, 0.25) is 0 Å². The maximum absolute atomic E-state index is 10.6. The minimum Gasteiger partial charge on any atom is -0.478 e. The van der Waals surface area contributed by atoms with Crippen molar-refractivity contribution >= 4 is 18.0 Å². The van der Waals surface area contributed by atoms with Gasteiger partial charge >= 0.3 is 5.97 Å². The van der Waals surface area contributed by atoms with Gasteiger partial charge in [-0.25, -0.2) is 15.2 Å². The van der Waals surface area contributed by atoms with Crippen LogP contribution in [0, 0.1) is 11.5 Å². The highest BCUT2D eigenvalue weighted by atomic mass is 16.4. The van der Waals surface area contributed by atoms with Crippen LogP contribution in [0.2, 0.25) is 0 Å². The minimum absolute atomic E-state index is 0.165. The number of aromatic carboxylic acids is 1. The molecule has 0 amide bonds. The number of aliphatic imine (C=N–C) groups is 1. The molecular formula is C9H8N4O2. The van der Waals surface area contributed by atoms with Crippen LogP contribution in [0.25, 0.3) is 0 Å². The predicted molar refractivity (Wildman–Crippen MR) is 53.4 cm³/mol. The van der Waals surface area contributed by atoms with Gasteiger partial charge in [0.05, 0.1) is 11.3 Å². The lowest BCUT2D eigenvalue weighted by Gasteiger charge is -1.96. The summed E-state index contributed by atoms with van der Waals surface area (Å²) in [7, 11) is 0. The van der Waals surface area contributed by atoms with Crippen LogP contribution in [0.5, 0.6) is 0 Å². The molecule has 1 aromatic carbocycles. The van der Waals surface area contributed by atoms with E-state index in [9.17, 15) is 4.79 Å². The Balaban J connectivity index is 2.70. The van der Waals surface area contributed by atoms with Crippen LogP contribution < -0.4 is 10.9 Å². The summed E-state index contributed by atoms with van der Waals surface area (Å²) >= 11 is 0. The Kier molecular flexibility index (Phi) is 3.68. The van der Waals surface area contributed by atoms with Gasteiger partial charge in [0.25, 0.3) is 0 Å². The fraction of sp³-hybridized carbons (Fsp3) is 0. The molecule has 0 saturated carbocycles. The zero-order chi connectivity index (χ0) is 11.1. The van der Waals surface area contributed by atoms with Gasteiger partial charge in [-0.05, 0) is 18.2 Å². The average Bonchev–Trinajstić information content (AvgIpc) is 2.25. The van der Waals surface area contributed by atoms with Crippen LogP contribution in [0.3, 0.4) is 0 Å². The predicted octanol–water partition coefficient (Wildman–Crippen LogP) is 0.620. The number of rotatable bonds is 4. The summed E-state index contributed by atoms with van der Waals surface area (Å²) in [5, 5.41) is 16.8. The number of hydrazine groups is 1. The summed E-state index contributed by atoms with van der Waals surface area (Å²) in [6, 6.07) is 6.14. The first-order chi connectivity index (χ1) is 7.24. The summed E-state index contributed by atoms with van der Waals surface area (Å²) in [4.78, 5) is 14.5. The smallest absolute Gasteiger partial charge is 0.335 e. The summed E-state index contributed by atoms with van der Waals surface area (Å²) in [6.07, 6.45) is 2.89. The van der Waals surface area contributed by atoms with Crippen molar-refractivity contribution in [3.8, 4) is 6.19 Å². The van der Waals surface area contributed by atoms with E-state index in [1.54, 1.807) is 18.3 Å². The quantitative estimate of drug-likeness (QED) is 0.167. The van der Waals surface area contributed by atoms with E-state index < -0.39 is 5.97 Å². The van der Waals surface area contributed by atoms with Crippen molar-refractivity contribution in [1.29, 1.82) is 5.26 Å². The number of carbonyl (C=O) groups is 1. The zero-order valence-electron chi connectivity index (χ0n) is 7.64. The largest absolute Gasteiger partial charge is 0.478 e. The van der Waals surface area contributed by atoms with E-state index in [1.165, 1.54) is 18.5 Å². The lowest BCUT2D eigenvalue weighted by Crippen LogP contribution is -2.24. The van der Waals surface area contributed by atoms with Gasteiger partial charge in [-0.15, -0.1) is 0 Å².